The molecule has 1 radical (unpaired) electrons. The van der Waals surface area contributed by atoms with Crippen molar-refractivity contribution in [3.63, 3.8) is 0 Å². The van der Waals surface area contributed by atoms with Crippen LogP contribution in [-0.2, 0) is 6.54 Å². The minimum atomic E-state index is -0.434. The molecule has 7 heteroatoms. The second-order valence-corrected chi connectivity index (χ2v) is 6.12. The third kappa shape index (κ3) is 2.60. The molecular formula is C20H14N3O4. The van der Waals surface area contributed by atoms with Crippen molar-refractivity contribution in [1.82, 2.24) is 4.57 Å². The van der Waals surface area contributed by atoms with E-state index in [1.165, 1.54) is 12.1 Å². The summed E-state index contributed by atoms with van der Waals surface area (Å²) in [6.07, 6.45) is 0. The lowest BCUT2D eigenvalue weighted by Crippen LogP contribution is -1.94. The third-order valence-electron chi connectivity index (χ3n) is 4.70. The van der Waals surface area contributed by atoms with Crippen LogP contribution in [0.1, 0.15) is 6.92 Å². The maximum Gasteiger partial charge on any atom is 0.277 e. The maximum absolute atomic E-state index is 11.3. The molecule has 0 aliphatic carbocycles. The Bertz CT molecular complexity index is 1230. The van der Waals surface area contributed by atoms with Crippen LogP contribution in [0.4, 0.5) is 11.4 Å². The van der Waals surface area contributed by atoms with E-state index in [1.54, 1.807) is 24.3 Å². The number of hydrogen-bond acceptors (Lipinski definition) is 4. The summed E-state index contributed by atoms with van der Waals surface area (Å²) in [4.78, 5) is 21.7. The first-order chi connectivity index (χ1) is 13.0. The molecule has 0 saturated heterocycles. The van der Waals surface area contributed by atoms with Gasteiger partial charge >= 0.3 is 0 Å². The molecule has 0 saturated carbocycles. The molecule has 7 nitrogen and oxygen atoms in total. The molecule has 0 unspecified atom stereocenters. The molecular weight excluding hydrogens is 346 g/mol. The molecule has 0 N–H and O–H groups in total. The summed E-state index contributed by atoms with van der Waals surface area (Å²) < 4.78 is 2.07. The Balaban J connectivity index is 2.05. The van der Waals surface area contributed by atoms with Crippen molar-refractivity contribution in [1.29, 1.82) is 0 Å². The second-order valence-electron chi connectivity index (χ2n) is 6.12. The summed E-state index contributed by atoms with van der Waals surface area (Å²) >= 11 is 0. The van der Waals surface area contributed by atoms with E-state index >= 15 is 0 Å². The summed E-state index contributed by atoms with van der Waals surface area (Å²) in [5.41, 5.74) is 2.85. The molecule has 0 amide bonds. The molecule has 0 fully saturated rings. The minimum Gasteiger partial charge on any atom is -0.341 e. The molecule has 0 atom stereocenters. The number of aromatic nitrogens is 1. The molecule has 0 spiro atoms. The number of benzene rings is 3. The van der Waals surface area contributed by atoms with E-state index in [1.807, 2.05) is 25.1 Å². The fraction of sp³-hybridized carbons (Fsp3) is 0.100. The fourth-order valence-electron chi connectivity index (χ4n) is 3.51. The first kappa shape index (κ1) is 16.7. The van der Waals surface area contributed by atoms with Crippen LogP contribution in [0, 0.1) is 26.3 Å². The van der Waals surface area contributed by atoms with Crippen LogP contribution in [0.15, 0.2) is 54.6 Å². The van der Waals surface area contributed by atoms with Crippen molar-refractivity contribution in [3.8, 4) is 11.1 Å². The van der Waals surface area contributed by atoms with Crippen LogP contribution >= 0.6 is 0 Å². The molecule has 1 aromatic heterocycles. The summed E-state index contributed by atoms with van der Waals surface area (Å²) in [6.45, 7) is 2.71. The van der Waals surface area contributed by atoms with Gasteiger partial charge in [0, 0.05) is 46.5 Å². The highest BCUT2D eigenvalue weighted by Crippen LogP contribution is 2.36. The van der Waals surface area contributed by atoms with Crippen LogP contribution in [0.5, 0.6) is 0 Å². The van der Waals surface area contributed by atoms with Crippen LogP contribution in [0.2, 0.25) is 0 Å². The lowest BCUT2D eigenvalue weighted by molar-refractivity contribution is -0.384. The summed E-state index contributed by atoms with van der Waals surface area (Å²) in [6, 6.07) is 17.9. The van der Waals surface area contributed by atoms with Gasteiger partial charge in [-0.1, -0.05) is 18.2 Å². The standard InChI is InChI=1S/C20H14N3O4/c1-2-21-18-9-7-13(15-5-3-4-6-20(15)23(26)27)11-16(18)17-12-14(22(24)25)8-10-19(17)21/h3-4,6-12H,2H2,1H3. The Morgan fingerprint density at radius 2 is 1.67 bits per heavy atom. The van der Waals surface area contributed by atoms with Crippen LogP contribution in [-0.4, -0.2) is 14.4 Å². The van der Waals surface area contributed by atoms with Crippen molar-refractivity contribution >= 4 is 33.2 Å². The highest BCUT2D eigenvalue weighted by Gasteiger charge is 2.18. The lowest BCUT2D eigenvalue weighted by atomic mass is 10.0. The van der Waals surface area contributed by atoms with Crippen LogP contribution < -0.4 is 0 Å². The van der Waals surface area contributed by atoms with E-state index < -0.39 is 9.85 Å². The van der Waals surface area contributed by atoms with E-state index in [0.717, 1.165) is 21.8 Å². The Hall–Kier alpha value is -3.74. The first-order valence-electron chi connectivity index (χ1n) is 8.37. The quantitative estimate of drug-likeness (QED) is 0.374. The van der Waals surface area contributed by atoms with E-state index in [9.17, 15) is 20.2 Å². The number of nitro groups is 2. The zero-order valence-corrected chi connectivity index (χ0v) is 14.4. The fourth-order valence-corrected chi connectivity index (χ4v) is 3.51. The number of fused-ring (bicyclic) bond motifs is 3. The number of nitrogens with zero attached hydrogens (tertiary/aromatic N) is 3. The van der Waals surface area contributed by atoms with Crippen molar-refractivity contribution in [2.24, 2.45) is 0 Å². The van der Waals surface area contributed by atoms with Gasteiger partial charge in [0.15, 0.2) is 0 Å². The van der Waals surface area contributed by atoms with E-state index in [4.69, 9.17) is 0 Å². The number of hydrogen-bond donors (Lipinski definition) is 0. The van der Waals surface area contributed by atoms with Gasteiger partial charge in [0.05, 0.1) is 15.4 Å². The molecule has 27 heavy (non-hydrogen) atoms. The Morgan fingerprint density at radius 1 is 0.963 bits per heavy atom. The predicted octanol–water partition coefficient (Wildman–Crippen LogP) is 5.10. The molecule has 1 heterocycles. The highest BCUT2D eigenvalue weighted by molar-refractivity contribution is 6.10. The Morgan fingerprint density at radius 3 is 2.33 bits per heavy atom. The van der Waals surface area contributed by atoms with Gasteiger partial charge in [0.2, 0.25) is 0 Å². The van der Waals surface area contributed by atoms with Gasteiger partial charge in [0.1, 0.15) is 0 Å². The maximum atomic E-state index is 11.3. The van der Waals surface area contributed by atoms with Gasteiger partial charge in [0.25, 0.3) is 11.4 Å². The third-order valence-corrected chi connectivity index (χ3v) is 4.70. The molecule has 0 bridgehead atoms. The average molecular weight is 360 g/mol. The summed E-state index contributed by atoms with van der Waals surface area (Å²) in [7, 11) is 0. The smallest absolute Gasteiger partial charge is 0.277 e. The number of nitro benzene ring substituents is 2. The van der Waals surface area contributed by atoms with Crippen LogP contribution in [0.25, 0.3) is 32.9 Å². The SMILES string of the molecule is CCn1c2ccc(-c3[c]cccc3[N+](=O)[O-])cc2c2cc([N+](=O)[O-])ccc21. The average Bonchev–Trinajstić information content (AvgIpc) is 3.00. The molecule has 3 aromatic carbocycles. The number of aryl methyl sites for hydroxylation is 1. The lowest BCUT2D eigenvalue weighted by Gasteiger charge is -2.05. The Labute approximate surface area is 153 Å². The van der Waals surface area contributed by atoms with Crippen molar-refractivity contribution in [3.05, 3.63) is 80.9 Å². The molecule has 133 valence electrons. The van der Waals surface area contributed by atoms with Gasteiger partial charge in [-0.15, -0.1) is 0 Å². The van der Waals surface area contributed by atoms with Crippen molar-refractivity contribution in [2.45, 2.75) is 13.5 Å². The summed E-state index contributed by atoms with van der Waals surface area (Å²) in [5, 5.41) is 24.1. The topological polar surface area (TPSA) is 91.2 Å². The van der Waals surface area contributed by atoms with Gasteiger partial charge < -0.3 is 4.57 Å². The summed E-state index contributed by atoms with van der Waals surface area (Å²) in [5.74, 6) is 0. The zero-order chi connectivity index (χ0) is 19.1. The second kappa shape index (κ2) is 6.21. The van der Waals surface area contributed by atoms with Crippen LogP contribution in [0.3, 0.4) is 0 Å². The zero-order valence-electron chi connectivity index (χ0n) is 14.4. The number of non-ortho nitro benzene ring substituents is 1. The molecule has 0 aliphatic rings. The van der Waals surface area contributed by atoms with Gasteiger partial charge in [-0.25, -0.2) is 0 Å². The predicted molar refractivity (Wildman–Crippen MR) is 103 cm³/mol. The van der Waals surface area contributed by atoms with E-state index in [-0.39, 0.29) is 11.4 Å². The van der Waals surface area contributed by atoms with Gasteiger partial charge in [-0.2, -0.15) is 0 Å². The van der Waals surface area contributed by atoms with Crippen molar-refractivity contribution < 1.29 is 9.85 Å². The van der Waals surface area contributed by atoms with Crippen molar-refractivity contribution in [2.75, 3.05) is 0 Å². The molecule has 4 aromatic rings. The minimum absolute atomic E-state index is 0.0142. The number of rotatable bonds is 4. The highest BCUT2D eigenvalue weighted by atomic mass is 16.6. The largest absolute Gasteiger partial charge is 0.341 e. The monoisotopic (exact) mass is 360 g/mol. The molecule has 4 rings (SSSR count). The van der Waals surface area contributed by atoms with E-state index in [0.29, 0.717) is 17.7 Å². The Kier molecular flexibility index (Phi) is 3.84. The van der Waals surface area contributed by atoms with Gasteiger partial charge in [-0.3, -0.25) is 20.2 Å². The normalized spacial score (nSPS) is 11.1. The first-order valence-corrected chi connectivity index (χ1v) is 8.37. The van der Waals surface area contributed by atoms with E-state index in [2.05, 4.69) is 10.6 Å². The molecule has 0 aliphatic heterocycles. The van der Waals surface area contributed by atoms with Gasteiger partial charge in [-0.05, 0) is 36.8 Å².